The van der Waals surface area contributed by atoms with E-state index in [1.165, 1.54) is 41.3 Å². The summed E-state index contributed by atoms with van der Waals surface area (Å²) in [6, 6.07) is 15.3. The van der Waals surface area contributed by atoms with Gasteiger partial charge in [0.2, 0.25) is 5.91 Å². The third kappa shape index (κ3) is 8.67. The Kier molecular flexibility index (Phi) is 10.4. The van der Waals surface area contributed by atoms with Crippen molar-refractivity contribution in [2.45, 2.75) is 31.7 Å². The molecule has 5 rings (SSSR count). The smallest absolute Gasteiger partial charge is 0.335 e. The van der Waals surface area contributed by atoms with Crippen LogP contribution in [0.25, 0.3) is 5.69 Å². The van der Waals surface area contributed by atoms with Gasteiger partial charge in [0.1, 0.15) is 12.4 Å². The highest BCUT2D eigenvalue weighted by molar-refractivity contribution is 6.40. The lowest BCUT2D eigenvalue weighted by Gasteiger charge is -2.26. The Hall–Kier alpha value is -5.83. The van der Waals surface area contributed by atoms with Crippen LogP contribution in [-0.4, -0.2) is 79.1 Å². The van der Waals surface area contributed by atoms with Crippen LogP contribution < -0.4 is 21.3 Å². The number of hydrogen-bond donors (Lipinski definition) is 5. The van der Waals surface area contributed by atoms with Crippen molar-refractivity contribution in [3.8, 4) is 5.69 Å². The number of tetrazole rings is 1. The molecule has 0 saturated carbocycles. The number of anilines is 3. The van der Waals surface area contributed by atoms with Gasteiger partial charge in [0, 0.05) is 35.9 Å². The molecule has 0 aliphatic carbocycles. The number of nitrogens with zero attached hydrogens (tertiary/aromatic N) is 5. The number of amides is 5. The van der Waals surface area contributed by atoms with Gasteiger partial charge in [0.05, 0.1) is 16.9 Å². The number of piperidine rings is 1. The third-order valence-electron chi connectivity index (χ3n) is 7.32. The standard InChI is InChI=1S/C31H30ClN9O6/c32-21-8-13-26(41-18-33-38-39-41)24(17-21)36-28(43)29(44)37-25(27(42)34-22-11-6-20(7-12-22)30(45)46)16-19-4-9-23(10-5-19)35-31(47)40-14-2-1-3-15-40/h4-13,17-18,25H,1-3,14-16H2,(H,34,42)(H,35,47)(H,36,43)(H,37,44)(H,45,46). The number of carbonyl (C=O) groups is 5. The van der Waals surface area contributed by atoms with Crippen molar-refractivity contribution in [3.63, 3.8) is 0 Å². The normalized spacial score (nSPS) is 13.3. The first kappa shape index (κ1) is 32.6. The Morgan fingerprint density at radius 1 is 0.830 bits per heavy atom. The number of carboxylic acids is 1. The van der Waals surface area contributed by atoms with Crippen LogP contribution in [0.5, 0.6) is 0 Å². The minimum absolute atomic E-state index is 0.0224. The topological polar surface area (TPSA) is 201 Å². The van der Waals surface area contributed by atoms with Crippen LogP contribution in [0.15, 0.2) is 73.1 Å². The van der Waals surface area contributed by atoms with E-state index in [9.17, 15) is 29.1 Å². The molecule has 3 aromatic carbocycles. The average molecular weight is 660 g/mol. The van der Waals surface area contributed by atoms with Crippen molar-refractivity contribution in [2.75, 3.05) is 29.0 Å². The van der Waals surface area contributed by atoms with E-state index < -0.39 is 29.7 Å². The maximum Gasteiger partial charge on any atom is 0.335 e. The average Bonchev–Trinajstić information content (AvgIpc) is 3.61. The molecule has 1 aromatic heterocycles. The van der Waals surface area contributed by atoms with Crippen LogP contribution in [0.1, 0.15) is 35.2 Å². The van der Waals surface area contributed by atoms with Gasteiger partial charge in [-0.25, -0.2) is 9.59 Å². The van der Waals surface area contributed by atoms with Crippen molar-refractivity contribution in [3.05, 3.63) is 89.2 Å². The van der Waals surface area contributed by atoms with E-state index in [1.54, 1.807) is 41.3 Å². The van der Waals surface area contributed by atoms with Gasteiger partial charge in [-0.15, -0.1) is 5.10 Å². The van der Waals surface area contributed by atoms with Crippen LogP contribution in [-0.2, 0) is 20.8 Å². The molecule has 1 aliphatic heterocycles. The molecule has 16 heteroatoms. The highest BCUT2D eigenvalue weighted by atomic mass is 35.5. The third-order valence-corrected chi connectivity index (χ3v) is 7.55. The van der Waals surface area contributed by atoms with Gasteiger partial charge in [-0.3, -0.25) is 14.4 Å². The Balaban J connectivity index is 1.30. The second-order valence-electron chi connectivity index (χ2n) is 10.6. The number of aromatic carboxylic acids is 1. The van der Waals surface area contributed by atoms with E-state index in [4.69, 9.17) is 11.6 Å². The van der Waals surface area contributed by atoms with Crippen molar-refractivity contribution in [1.29, 1.82) is 0 Å². The van der Waals surface area contributed by atoms with Gasteiger partial charge in [0.15, 0.2) is 0 Å². The van der Waals surface area contributed by atoms with Crippen LogP contribution in [0.3, 0.4) is 0 Å². The Bertz CT molecular complexity index is 1760. The molecular weight excluding hydrogens is 630 g/mol. The Labute approximate surface area is 273 Å². The lowest BCUT2D eigenvalue weighted by molar-refractivity contribution is -0.137. The number of urea groups is 1. The number of likely N-dealkylation sites (tertiary alicyclic amines) is 1. The predicted molar refractivity (Wildman–Crippen MR) is 171 cm³/mol. The van der Waals surface area contributed by atoms with Crippen LogP contribution >= 0.6 is 11.6 Å². The predicted octanol–water partition coefficient (Wildman–Crippen LogP) is 3.34. The largest absolute Gasteiger partial charge is 0.478 e. The molecule has 0 bridgehead atoms. The number of carboxylic acid groups (broad SMARTS) is 1. The maximum absolute atomic E-state index is 13.4. The fourth-order valence-electron chi connectivity index (χ4n) is 4.88. The van der Waals surface area contributed by atoms with Crippen molar-refractivity contribution in [2.24, 2.45) is 0 Å². The molecule has 5 amide bonds. The summed E-state index contributed by atoms with van der Waals surface area (Å²) in [6.07, 6.45) is 4.30. The van der Waals surface area contributed by atoms with Gasteiger partial charge in [-0.2, -0.15) is 4.68 Å². The molecule has 0 spiro atoms. The number of hydrogen-bond acceptors (Lipinski definition) is 8. The molecule has 2 heterocycles. The summed E-state index contributed by atoms with van der Waals surface area (Å²) in [7, 11) is 0. The van der Waals surface area contributed by atoms with E-state index in [1.807, 2.05) is 0 Å². The summed E-state index contributed by atoms with van der Waals surface area (Å²) in [6.45, 7) is 1.40. The lowest BCUT2D eigenvalue weighted by Crippen LogP contribution is -2.49. The van der Waals surface area contributed by atoms with Gasteiger partial charge >= 0.3 is 23.8 Å². The van der Waals surface area contributed by atoms with Gasteiger partial charge < -0.3 is 31.3 Å². The quantitative estimate of drug-likeness (QED) is 0.167. The zero-order valence-corrected chi connectivity index (χ0v) is 25.6. The van der Waals surface area contributed by atoms with Crippen LogP contribution in [0.2, 0.25) is 5.02 Å². The first-order chi connectivity index (χ1) is 22.7. The number of benzene rings is 3. The van der Waals surface area contributed by atoms with Crippen molar-refractivity contribution in [1.82, 2.24) is 30.4 Å². The van der Waals surface area contributed by atoms with Gasteiger partial charge in [-0.05, 0) is 89.8 Å². The molecule has 0 radical (unpaired) electrons. The van der Waals surface area contributed by atoms with Crippen molar-refractivity contribution >= 4 is 58.4 Å². The molecule has 15 nitrogen and oxygen atoms in total. The molecule has 1 fully saturated rings. The molecular formula is C31H30ClN9O6. The highest BCUT2D eigenvalue weighted by Crippen LogP contribution is 2.24. The second kappa shape index (κ2) is 15.0. The summed E-state index contributed by atoms with van der Waals surface area (Å²) in [5.74, 6) is -3.98. The number of carbonyl (C=O) groups excluding carboxylic acids is 4. The molecule has 5 N–H and O–H groups in total. The van der Waals surface area contributed by atoms with E-state index in [2.05, 4.69) is 36.8 Å². The summed E-state index contributed by atoms with van der Waals surface area (Å²) in [5, 5.41) is 30.9. The number of halogens is 1. The fraction of sp³-hybridized carbons (Fsp3) is 0.226. The SMILES string of the molecule is O=C(Nc1cc(Cl)ccc1-n1cnnn1)C(=O)NC(Cc1ccc(NC(=O)N2CCCCC2)cc1)C(=O)Nc1ccc(C(=O)O)cc1. The van der Waals surface area contributed by atoms with E-state index in [-0.39, 0.29) is 34.4 Å². The zero-order valence-electron chi connectivity index (χ0n) is 24.9. The molecule has 242 valence electrons. The monoisotopic (exact) mass is 659 g/mol. The maximum atomic E-state index is 13.4. The lowest BCUT2D eigenvalue weighted by atomic mass is 10.0. The minimum Gasteiger partial charge on any atom is -0.478 e. The van der Waals surface area contributed by atoms with Gasteiger partial charge in [-0.1, -0.05) is 23.7 Å². The molecule has 1 saturated heterocycles. The molecule has 1 atom stereocenters. The molecule has 1 unspecified atom stereocenters. The fourth-order valence-corrected chi connectivity index (χ4v) is 5.05. The van der Waals surface area contributed by atoms with Crippen molar-refractivity contribution < 1.29 is 29.1 Å². The number of rotatable bonds is 9. The van der Waals surface area contributed by atoms with E-state index in [0.29, 0.717) is 30.0 Å². The van der Waals surface area contributed by atoms with Crippen LogP contribution in [0, 0.1) is 0 Å². The molecule has 47 heavy (non-hydrogen) atoms. The van der Waals surface area contributed by atoms with E-state index >= 15 is 0 Å². The first-order valence-corrected chi connectivity index (χ1v) is 15.0. The first-order valence-electron chi connectivity index (χ1n) is 14.6. The summed E-state index contributed by atoms with van der Waals surface area (Å²) >= 11 is 6.12. The van der Waals surface area contributed by atoms with E-state index in [0.717, 1.165) is 19.3 Å². The summed E-state index contributed by atoms with van der Waals surface area (Å²) in [5.41, 5.74) is 1.98. The summed E-state index contributed by atoms with van der Waals surface area (Å²) < 4.78 is 1.27. The zero-order chi connectivity index (χ0) is 33.3. The highest BCUT2D eigenvalue weighted by Gasteiger charge is 2.26. The Morgan fingerprint density at radius 3 is 2.17 bits per heavy atom. The number of aromatic nitrogens is 4. The van der Waals surface area contributed by atoms with Gasteiger partial charge in [0.25, 0.3) is 0 Å². The minimum atomic E-state index is -1.24. The Morgan fingerprint density at radius 2 is 1.51 bits per heavy atom. The molecule has 1 aliphatic rings. The van der Waals surface area contributed by atoms with Crippen LogP contribution in [0.4, 0.5) is 21.9 Å². The summed E-state index contributed by atoms with van der Waals surface area (Å²) in [4.78, 5) is 65.2. The number of nitrogens with one attached hydrogen (secondary N) is 4. The molecule has 4 aromatic rings. The second-order valence-corrected chi connectivity index (χ2v) is 11.1.